The van der Waals surface area contributed by atoms with Crippen LogP contribution in [0.1, 0.15) is 25.1 Å². The quantitative estimate of drug-likeness (QED) is 0.791. The number of likely N-dealkylation sites (tertiary alicyclic amines) is 1. The first kappa shape index (κ1) is 11.2. The van der Waals surface area contributed by atoms with Crippen molar-refractivity contribution in [3.63, 3.8) is 0 Å². The molecule has 0 aromatic carbocycles. The smallest absolute Gasteiger partial charge is 0.133 e. The van der Waals surface area contributed by atoms with Crippen molar-refractivity contribution >= 4 is 0 Å². The van der Waals surface area contributed by atoms with Gasteiger partial charge in [0.05, 0.1) is 0 Å². The minimum absolute atomic E-state index is 0.684. The molecule has 1 saturated carbocycles. The van der Waals surface area contributed by atoms with E-state index in [1.165, 1.54) is 32.4 Å². The largest absolute Gasteiger partial charge is 0.321 e. The predicted molar refractivity (Wildman–Crippen MR) is 65.7 cm³/mol. The molecule has 1 saturated heterocycles. The summed E-state index contributed by atoms with van der Waals surface area (Å²) in [5, 5.41) is 11.6. The molecular weight excluding hydrogens is 214 g/mol. The van der Waals surface area contributed by atoms with Crippen LogP contribution < -0.4 is 5.32 Å². The Hall–Kier alpha value is -0.940. The standard InChI is InChI=1S/C12H21N5/c1-16-9-14-15-12(16)4-6-13-10-5-7-17(8-10)11-2-3-11/h9-11,13H,2-8H2,1H3. The molecule has 0 bridgehead atoms. The molecule has 1 aromatic heterocycles. The Balaban J connectivity index is 1.39. The molecule has 94 valence electrons. The molecule has 5 nitrogen and oxygen atoms in total. The number of nitrogens with one attached hydrogen (secondary N) is 1. The molecule has 1 aliphatic heterocycles. The zero-order valence-electron chi connectivity index (χ0n) is 10.5. The van der Waals surface area contributed by atoms with Crippen molar-refractivity contribution in [1.29, 1.82) is 0 Å². The van der Waals surface area contributed by atoms with Crippen LogP contribution in [0.3, 0.4) is 0 Å². The van der Waals surface area contributed by atoms with Gasteiger partial charge in [0.25, 0.3) is 0 Å². The molecule has 1 aromatic rings. The molecule has 0 amide bonds. The van der Waals surface area contributed by atoms with Gasteiger partial charge in [-0.05, 0) is 19.3 Å². The molecule has 3 rings (SSSR count). The minimum Gasteiger partial charge on any atom is -0.321 e. The summed E-state index contributed by atoms with van der Waals surface area (Å²) in [4.78, 5) is 2.64. The van der Waals surface area contributed by atoms with Crippen LogP contribution in [0.2, 0.25) is 0 Å². The lowest BCUT2D eigenvalue weighted by atomic mass is 10.2. The summed E-state index contributed by atoms with van der Waals surface area (Å²) >= 11 is 0. The molecule has 1 aliphatic carbocycles. The van der Waals surface area contributed by atoms with E-state index in [4.69, 9.17) is 0 Å². The van der Waals surface area contributed by atoms with Crippen LogP contribution in [-0.4, -0.2) is 51.4 Å². The second-order valence-electron chi connectivity index (χ2n) is 5.27. The second kappa shape index (κ2) is 4.74. The molecule has 2 heterocycles. The van der Waals surface area contributed by atoms with Crippen molar-refractivity contribution in [3.05, 3.63) is 12.2 Å². The van der Waals surface area contributed by atoms with Gasteiger partial charge >= 0.3 is 0 Å². The van der Waals surface area contributed by atoms with Gasteiger partial charge in [0.15, 0.2) is 0 Å². The van der Waals surface area contributed by atoms with Gasteiger partial charge in [0, 0.05) is 45.2 Å². The second-order valence-corrected chi connectivity index (χ2v) is 5.27. The minimum atomic E-state index is 0.684. The Morgan fingerprint density at radius 2 is 2.29 bits per heavy atom. The summed E-state index contributed by atoms with van der Waals surface area (Å²) in [6.45, 7) is 3.53. The van der Waals surface area contributed by atoms with Crippen LogP contribution in [0.4, 0.5) is 0 Å². The van der Waals surface area contributed by atoms with E-state index >= 15 is 0 Å². The van der Waals surface area contributed by atoms with E-state index in [-0.39, 0.29) is 0 Å². The summed E-state index contributed by atoms with van der Waals surface area (Å²) < 4.78 is 1.99. The van der Waals surface area contributed by atoms with Gasteiger partial charge in [-0.3, -0.25) is 4.90 Å². The van der Waals surface area contributed by atoms with Gasteiger partial charge in [-0.15, -0.1) is 10.2 Å². The van der Waals surface area contributed by atoms with Crippen molar-refractivity contribution in [3.8, 4) is 0 Å². The molecule has 5 heteroatoms. The molecule has 2 aliphatic rings. The summed E-state index contributed by atoms with van der Waals surface area (Å²) in [6, 6.07) is 1.60. The first-order valence-corrected chi connectivity index (χ1v) is 6.63. The highest BCUT2D eigenvalue weighted by Gasteiger charge is 2.33. The fourth-order valence-electron chi connectivity index (χ4n) is 2.65. The lowest BCUT2D eigenvalue weighted by Crippen LogP contribution is -2.34. The molecule has 1 unspecified atom stereocenters. The topological polar surface area (TPSA) is 46.0 Å². The number of nitrogens with zero attached hydrogens (tertiary/aromatic N) is 4. The van der Waals surface area contributed by atoms with Crippen LogP contribution in [0.5, 0.6) is 0 Å². The van der Waals surface area contributed by atoms with Crippen LogP contribution in [0, 0.1) is 0 Å². The SMILES string of the molecule is Cn1cnnc1CCNC1CCN(C2CC2)C1. The summed E-state index contributed by atoms with van der Waals surface area (Å²) in [6.07, 6.45) is 6.88. The molecular formula is C12H21N5. The maximum Gasteiger partial charge on any atom is 0.133 e. The third kappa shape index (κ3) is 2.66. The van der Waals surface area contributed by atoms with E-state index in [1.54, 1.807) is 6.33 Å². The lowest BCUT2D eigenvalue weighted by Gasteiger charge is -2.15. The van der Waals surface area contributed by atoms with Gasteiger partial charge in [0.1, 0.15) is 12.2 Å². The highest BCUT2D eigenvalue weighted by atomic mass is 15.3. The number of rotatable bonds is 5. The maximum atomic E-state index is 4.10. The predicted octanol–water partition coefficient (Wildman–Crippen LogP) is 0.184. The zero-order valence-corrected chi connectivity index (χ0v) is 10.5. The highest BCUT2D eigenvalue weighted by Crippen LogP contribution is 2.29. The summed E-state index contributed by atoms with van der Waals surface area (Å²) in [5.74, 6) is 1.06. The maximum absolute atomic E-state index is 4.10. The third-order valence-corrected chi connectivity index (χ3v) is 3.87. The third-order valence-electron chi connectivity index (χ3n) is 3.87. The van der Waals surface area contributed by atoms with Gasteiger partial charge in [0.2, 0.25) is 0 Å². The van der Waals surface area contributed by atoms with E-state index < -0.39 is 0 Å². The van der Waals surface area contributed by atoms with E-state index in [9.17, 15) is 0 Å². The number of aryl methyl sites for hydroxylation is 1. The van der Waals surface area contributed by atoms with E-state index in [0.717, 1.165) is 24.8 Å². The zero-order chi connectivity index (χ0) is 11.7. The monoisotopic (exact) mass is 235 g/mol. The molecule has 2 fully saturated rings. The Morgan fingerprint density at radius 1 is 1.41 bits per heavy atom. The Morgan fingerprint density at radius 3 is 3.00 bits per heavy atom. The Bertz CT molecular complexity index is 371. The number of aromatic nitrogens is 3. The molecule has 0 spiro atoms. The number of hydrogen-bond donors (Lipinski definition) is 1. The normalized spacial score (nSPS) is 25.6. The van der Waals surface area contributed by atoms with Crippen molar-refractivity contribution in [2.75, 3.05) is 19.6 Å². The first-order valence-electron chi connectivity index (χ1n) is 6.63. The van der Waals surface area contributed by atoms with Crippen LogP contribution in [-0.2, 0) is 13.5 Å². The van der Waals surface area contributed by atoms with Gasteiger partial charge in [-0.25, -0.2) is 0 Å². The summed E-state index contributed by atoms with van der Waals surface area (Å²) in [5.41, 5.74) is 0. The van der Waals surface area contributed by atoms with Crippen molar-refractivity contribution in [1.82, 2.24) is 25.0 Å². The fraction of sp³-hybridized carbons (Fsp3) is 0.833. The van der Waals surface area contributed by atoms with Gasteiger partial charge in [-0.1, -0.05) is 0 Å². The summed E-state index contributed by atoms with van der Waals surface area (Å²) in [7, 11) is 2.00. The molecule has 17 heavy (non-hydrogen) atoms. The lowest BCUT2D eigenvalue weighted by molar-refractivity contribution is 0.317. The highest BCUT2D eigenvalue weighted by molar-refractivity contribution is 4.92. The first-order chi connectivity index (χ1) is 8.33. The Labute approximate surface area is 102 Å². The van der Waals surface area contributed by atoms with Crippen molar-refractivity contribution < 1.29 is 0 Å². The fourth-order valence-corrected chi connectivity index (χ4v) is 2.65. The average Bonchev–Trinajstić information content (AvgIpc) is 2.94. The van der Waals surface area contributed by atoms with E-state index in [2.05, 4.69) is 20.4 Å². The van der Waals surface area contributed by atoms with Gasteiger partial charge < -0.3 is 9.88 Å². The number of hydrogen-bond acceptors (Lipinski definition) is 4. The van der Waals surface area contributed by atoms with Crippen LogP contribution in [0.15, 0.2) is 6.33 Å². The molecule has 1 N–H and O–H groups in total. The molecule has 0 radical (unpaired) electrons. The van der Waals surface area contributed by atoms with E-state index in [0.29, 0.717) is 6.04 Å². The van der Waals surface area contributed by atoms with Crippen LogP contribution >= 0.6 is 0 Å². The van der Waals surface area contributed by atoms with Crippen LogP contribution in [0.25, 0.3) is 0 Å². The van der Waals surface area contributed by atoms with Crippen molar-refractivity contribution in [2.45, 2.75) is 37.8 Å². The van der Waals surface area contributed by atoms with Crippen molar-refractivity contribution in [2.24, 2.45) is 7.05 Å². The Kier molecular flexibility index (Phi) is 3.11. The average molecular weight is 235 g/mol. The molecule has 1 atom stereocenters. The van der Waals surface area contributed by atoms with Gasteiger partial charge in [-0.2, -0.15) is 0 Å². The van der Waals surface area contributed by atoms with E-state index in [1.807, 2.05) is 11.6 Å².